The summed E-state index contributed by atoms with van der Waals surface area (Å²) in [6.07, 6.45) is 2.55. The van der Waals surface area contributed by atoms with Crippen LogP contribution in [0, 0.1) is 0 Å². The second-order valence-electron chi connectivity index (χ2n) is 2.88. The Kier molecular flexibility index (Phi) is 4.94. The van der Waals surface area contributed by atoms with Gasteiger partial charge in [0.15, 0.2) is 0 Å². The van der Waals surface area contributed by atoms with Gasteiger partial charge in [-0.2, -0.15) is 0 Å². The summed E-state index contributed by atoms with van der Waals surface area (Å²) in [4.78, 5) is 11.7. The Hall–Kier alpha value is -0.570. The highest BCUT2D eigenvalue weighted by Gasteiger charge is 1.96. The van der Waals surface area contributed by atoms with Crippen molar-refractivity contribution < 1.29 is 9.69 Å². The molecule has 0 rings (SSSR count). The highest BCUT2D eigenvalue weighted by Crippen LogP contribution is 1.90. The standard InChI is InChI=1S/C7H16N2O/c1-9(2)6-4-3-5-7(8)10/h3-6H2,1-2H3,(H2,8,10)/p+1. The third-order valence-corrected chi connectivity index (χ3v) is 1.35. The molecule has 0 aromatic heterocycles. The molecule has 10 heavy (non-hydrogen) atoms. The minimum Gasteiger partial charge on any atom is -0.370 e. The molecule has 0 saturated carbocycles. The topological polar surface area (TPSA) is 47.5 Å². The molecule has 0 bridgehead atoms. The zero-order chi connectivity index (χ0) is 7.98. The second-order valence-corrected chi connectivity index (χ2v) is 2.88. The van der Waals surface area contributed by atoms with Gasteiger partial charge in [-0.05, 0) is 12.8 Å². The molecule has 3 heteroatoms. The fourth-order valence-corrected chi connectivity index (χ4v) is 0.778. The van der Waals surface area contributed by atoms with Crippen LogP contribution in [0.4, 0.5) is 0 Å². The number of amides is 1. The lowest BCUT2D eigenvalue weighted by atomic mass is 10.2. The smallest absolute Gasteiger partial charge is 0.217 e. The molecule has 0 radical (unpaired) electrons. The molecule has 1 amide bonds. The summed E-state index contributed by atoms with van der Waals surface area (Å²) < 4.78 is 0. The number of carbonyl (C=O) groups is 1. The fourth-order valence-electron chi connectivity index (χ4n) is 0.778. The first-order chi connectivity index (χ1) is 4.63. The van der Waals surface area contributed by atoms with E-state index in [4.69, 9.17) is 5.73 Å². The van der Waals surface area contributed by atoms with Gasteiger partial charge in [0, 0.05) is 6.42 Å². The van der Waals surface area contributed by atoms with Gasteiger partial charge in [0.1, 0.15) is 0 Å². The molecule has 0 aromatic carbocycles. The van der Waals surface area contributed by atoms with Crippen LogP contribution in [0.3, 0.4) is 0 Å². The maximum atomic E-state index is 10.3. The summed E-state index contributed by atoms with van der Waals surface area (Å²) in [5.41, 5.74) is 4.96. The Morgan fingerprint density at radius 3 is 2.40 bits per heavy atom. The van der Waals surface area contributed by atoms with Gasteiger partial charge in [-0.25, -0.2) is 0 Å². The summed E-state index contributed by atoms with van der Waals surface area (Å²) in [5, 5.41) is 0. The lowest BCUT2D eigenvalue weighted by Crippen LogP contribution is -3.05. The van der Waals surface area contributed by atoms with Gasteiger partial charge in [-0.15, -0.1) is 0 Å². The van der Waals surface area contributed by atoms with Gasteiger partial charge in [0.25, 0.3) is 0 Å². The molecule has 0 aliphatic rings. The van der Waals surface area contributed by atoms with Crippen LogP contribution in [-0.4, -0.2) is 26.5 Å². The average molecular weight is 145 g/mol. The summed E-state index contributed by atoms with van der Waals surface area (Å²) in [5.74, 6) is -0.186. The number of rotatable bonds is 5. The van der Waals surface area contributed by atoms with Crippen LogP contribution < -0.4 is 10.6 Å². The first-order valence-corrected chi connectivity index (χ1v) is 3.70. The number of carbonyl (C=O) groups excluding carboxylic acids is 1. The van der Waals surface area contributed by atoms with Gasteiger partial charge >= 0.3 is 0 Å². The SMILES string of the molecule is C[NH+](C)CCCCC(N)=O. The van der Waals surface area contributed by atoms with E-state index in [1.807, 2.05) is 0 Å². The Morgan fingerprint density at radius 1 is 1.40 bits per heavy atom. The van der Waals surface area contributed by atoms with Crippen LogP contribution in [-0.2, 0) is 4.79 Å². The van der Waals surface area contributed by atoms with E-state index in [1.54, 1.807) is 0 Å². The summed E-state index contributed by atoms with van der Waals surface area (Å²) in [6, 6.07) is 0. The van der Waals surface area contributed by atoms with Crippen LogP contribution in [0.1, 0.15) is 19.3 Å². The van der Waals surface area contributed by atoms with Crippen molar-refractivity contribution in [1.29, 1.82) is 0 Å². The Balaban J connectivity index is 2.98. The van der Waals surface area contributed by atoms with Crippen LogP contribution in [0.2, 0.25) is 0 Å². The van der Waals surface area contributed by atoms with E-state index in [2.05, 4.69) is 14.1 Å². The summed E-state index contributed by atoms with van der Waals surface area (Å²) in [7, 11) is 4.20. The van der Waals surface area contributed by atoms with Crippen molar-refractivity contribution in [1.82, 2.24) is 0 Å². The minimum atomic E-state index is -0.186. The predicted molar refractivity (Wildman–Crippen MR) is 40.7 cm³/mol. The summed E-state index contributed by atoms with van der Waals surface area (Å²) >= 11 is 0. The van der Waals surface area contributed by atoms with Gasteiger partial charge in [0.2, 0.25) is 5.91 Å². The summed E-state index contributed by atoms with van der Waals surface area (Å²) in [6.45, 7) is 1.12. The lowest BCUT2D eigenvalue weighted by Gasteiger charge is -2.04. The van der Waals surface area contributed by atoms with Crippen molar-refractivity contribution in [3.63, 3.8) is 0 Å². The fraction of sp³-hybridized carbons (Fsp3) is 0.857. The van der Waals surface area contributed by atoms with Crippen LogP contribution in [0.15, 0.2) is 0 Å². The predicted octanol–water partition coefficient (Wildman–Crippen LogP) is -1.21. The van der Waals surface area contributed by atoms with Gasteiger partial charge in [-0.1, -0.05) is 0 Å². The third kappa shape index (κ3) is 7.43. The number of unbranched alkanes of at least 4 members (excludes halogenated alkanes) is 1. The van der Waals surface area contributed by atoms with Crippen LogP contribution in [0.5, 0.6) is 0 Å². The van der Waals surface area contributed by atoms with Crippen molar-refractivity contribution in [2.24, 2.45) is 5.73 Å². The Morgan fingerprint density at radius 2 is 2.00 bits per heavy atom. The Labute approximate surface area is 62.2 Å². The minimum absolute atomic E-state index is 0.186. The van der Waals surface area contributed by atoms with Crippen molar-refractivity contribution in [2.45, 2.75) is 19.3 Å². The first kappa shape index (κ1) is 9.43. The van der Waals surface area contributed by atoms with Crippen molar-refractivity contribution >= 4 is 5.91 Å². The highest BCUT2D eigenvalue weighted by molar-refractivity contribution is 5.73. The molecule has 60 valence electrons. The van der Waals surface area contributed by atoms with Crippen LogP contribution in [0.25, 0.3) is 0 Å². The molecular formula is C7H17N2O+. The monoisotopic (exact) mass is 145 g/mol. The molecule has 0 unspecified atom stereocenters. The maximum absolute atomic E-state index is 10.3. The molecule has 0 aromatic rings. The Bertz CT molecular complexity index is 102. The number of hydrogen-bond acceptors (Lipinski definition) is 1. The molecule has 0 heterocycles. The van der Waals surface area contributed by atoms with E-state index >= 15 is 0 Å². The van der Waals surface area contributed by atoms with E-state index in [-0.39, 0.29) is 5.91 Å². The zero-order valence-electron chi connectivity index (χ0n) is 6.81. The van der Waals surface area contributed by atoms with E-state index in [0.29, 0.717) is 6.42 Å². The quantitative estimate of drug-likeness (QED) is 0.468. The number of quaternary nitrogens is 1. The van der Waals surface area contributed by atoms with E-state index in [9.17, 15) is 4.79 Å². The number of nitrogens with two attached hydrogens (primary N) is 1. The molecule has 0 aliphatic heterocycles. The van der Waals surface area contributed by atoms with Crippen molar-refractivity contribution in [2.75, 3.05) is 20.6 Å². The van der Waals surface area contributed by atoms with E-state index in [1.165, 1.54) is 4.90 Å². The maximum Gasteiger partial charge on any atom is 0.217 e. The molecule has 0 fully saturated rings. The van der Waals surface area contributed by atoms with Crippen molar-refractivity contribution in [3.8, 4) is 0 Å². The number of primary amides is 1. The lowest BCUT2D eigenvalue weighted by molar-refractivity contribution is -0.858. The van der Waals surface area contributed by atoms with E-state index in [0.717, 1.165) is 19.4 Å². The zero-order valence-corrected chi connectivity index (χ0v) is 6.81. The third-order valence-electron chi connectivity index (χ3n) is 1.35. The number of hydrogen-bond donors (Lipinski definition) is 2. The van der Waals surface area contributed by atoms with Crippen LogP contribution >= 0.6 is 0 Å². The molecule has 0 saturated heterocycles. The molecule has 3 nitrogen and oxygen atoms in total. The molecule has 0 aliphatic carbocycles. The molecule has 3 N–H and O–H groups in total. The van der Waals surface area contributed by atoms with Gasteiger partial charge in [-0.3, -0.25) is 4.79 Å². The normalized spacial score (nSPS) is 10.3. The van der Waals surface area contributed by atoms with Crippen molar-refractivity contribution in [3.05, 3.63) is 0 Å². The average Bonchev–Trinajstić information content (AvgIpc) is 1.79. The van der Waals surface area contributed by atoms with E-state index < -0.39 is 0 Å². The molecular weight excluding hydrogens is 128 g/mol. The molecule has 0 atom stereocenters. The number of nitrogens with one attached hydrogen (secondary N) is 1. The first-order valence-electron chi connectivity index (χ1n) is 3.70. The van der Waals surface area contributed by atoms with Gasteiger partial charge < -0.3 is 10.6 Å². The van der Waals surface area contributed by atoms with Gasteiger partial charge in [0.05, 0.1) is 20.6 Å². The highest BCUT2D eigenvalue weighted by atomic mass is 16.1. The second kappa shape index (κ2) is 5.23. The molecule has 0 spiro atoms. The largest absolute Gasteiger partial charge is 0.370 e.